The van der Waals surface area contributed by atoms with E-state index >= 15 is 0 Å². The van der Waals surface area contributed by atoms with Crippen LogP contribution >= 0.6 is 22.7 Å². The molecule has 0 unspecified atom stereocenters. The van der Waals surface area contributed by atoms with Crippen molar-refractivity contribution in [2.45, 2.75) is 0 Å². The predicted octanol–water partition coefficient (Wildman–Crippen LogP) is -3.23. The number of aromatic nitrogens is 6. The van der Waals surface area contributed by atoms with Crippen LogP contribution in [0.2, 0.25) is 0 Å². The third-order valence-electron chi connectivity index (χ3n) is 6.22. The number of hydrogen-bond acceptors (Lipinski definition) is 4. The molecule has 0 saturated carbocycles. The van der Waals surface area contributed by atoms with Crippen LogP contribution in [0.1, 0.15) is 22.8 Å². The number of nitrogens with zero attached hydrogens (tertiary/aromatic N) is 4. The monoisotopic (exact) mass is 666 g/mol. The van der Waals surface area contributed by atoms with Crippen LogP contribution in [0.25, 0.3) is 67.3 Å². The van der Waals surface area contributed by atoms with Gasteiger partial charge in [-0.15, -0.1) is 0 Å². The number of aryl methyl sites for hydroxylation is 2. The fourth-order valence-corrected chi connectivity index (χ4v) is 6.41. The van der Waals surface area contributed by atoms with E-state index in [-0.39, 0.29) is 54.3 Å². The Morgan fingerprint density at radius 3 is 1.50 bits per heavy atom. The third kappa shape index (κ3) is 5.97. The number of hydrogen-bond donors (Lipinski definition) is 2. The summed E-state index contributed by atoms with van der Waals surface area (Å²) in [6.07, 6.45) is 12.6. The predicted molar refractivity (Wildman–Crippen MR) is 148 cm³/mol. The largest absolute Gasteiger partial charge is 1.00 e. The molecule has 0 saturated heterocycles. The molecule has 0 aromatic carbocycles. The molecule has 1 radical (unpaired) electrons. The Balaban J connectivity index is 0.00000110. The molecule has 205 valence electrons. The summed E-state index contributed by atoms with van der Waals surface area (Å²) < 4.78 is 4.16. The Kier molecular flexibility index (Phi) is 10.2. The maximum Gasteiger partial charge on any atom is 0.225 e. The number of aromatic amines is 2. The molecule has 2 N–H and O–H groups in total. The van der Waals surface area contributed by atoms with Gasteiger partial charge in [0.1, 0.15) is 23.8 Å². The summed E-state index contributed by atoms with van der Waals surface area (Å²) >= 11 is 3.42. The van der Waals surface area contributed by atoms with E-state index in [1.165, 1.54) is 4.88 Å². The van der Waals surface area contributed by atoms with E-state index in [1.807, 2.05) is 7.05 Å². The number of rotatable bonds is 2. The van der Waals surface area contributed by atoms with Gasteiger partial charge in [0.2, 0.25) is 11.0 Å². The first-order valence-electron chi connectivity index (χ1n) is 11.6. The van der Waals surface area contributed by atoms with Crippen molar-refractivity contribution in [2.75, 3.05) is 0 Å². The number of halogens is 3. The van der Waals surface area contributed by atoms with Gasteiger partial charge in [0.05, 0.1) is 22.8 Å². The van der Waals surface area contributed by atoms with Gasteiger partial charge >= 0.3 is 0 Å². The van der Waals surface area contributed by atoms with Crippen LogP contribution in [0, 0.1) is 0 Å². The molecule has 7 rings (SSSR count). The van der Waals surface area contributed by atoms with Crippen LogP contribution in [-0.4, -0.2) is 19.9 Å². The molecule has 40 heavy (non-hydrogen) atoms. The normalized spacial score (nSPS) is 11.2. The molecule has 0 amide bonds. The van der Waals surface area contributed by atoms with E-state index in [4.69, 9.17) is 9.97 Å². The number of H-pyrrole nitrogens is 2. The van der Waals surface area contributed by atoms with Crippen molar-refractivity contribution in [1.29, 1.82) is 0 Å². The van der Waals surface area contributed by atoms with Crippen LogP contribution < -0.4 is 46.4 Å². The van der Waals surface area contributed by atoms with Crippen LogP contribution in [0.5, 0.6) is 0 Å². The molecular formula is C28H22Cl3MnN6S2-. The third-order valence-corrected chi connectivity index (χ3v) is 8.23. The van der Waals surface area contributed by atoms with Crippen LogP contribution in [0.4, 0.5) is 0 Å². The summed E-state index contributed by atoms with van der Waals surface area (Å²) in [6, 6.07) is 12.7. The second-order valence-corrected chi connectivity index (χ2v) is 10.7. The first kappa shape index (κ1) is 31.8. The van der Waals surface area contributed by atoms with Gasteiger partial charge in [-0.05, 0) is 60.7 Å². The molecule has 7 heterocycles. The molecule has 2 aliphatic heterocycles. The molecule has 2 aliphatic rings. The fraction of sp³-hybridized carbons (Fsp3) is 0.0714. The van der Waals surface area contributed by atoms with Crippen molar-refractivity contribution in [1.82, 2.24) is 19.9 Å². The van der Waals surface area contributed by atoms with Gasteiger partial charge in [0.25, 0.3) is 0 Å². The molecule has 8 bridgehead atoms. The average molecular weight is 668 g/mol. The first-order valence-corrected chi connectivity index (χ1v) is 13.3. The minimum atomic E-state index is 0. The molecular weight excluding hydrogens is 646 g/mol. The van der Waals surface area contributed by atoms with Crippen molar-refractivity contribution in [3.05, 3.63) is 82.6 Å². The molecule has 5 aromatic heterocycles. The van der Waals surface area contributed by atoms with E-state index in [9.17, 15) is 0 Å². The van der Waals surface area contributed by atoms with Crippen molar-refractivity contribution in [3.8, 4) is 20.9 Å². The summed E-state index contributed by atoms with van der Waals surface area (Å²) in [5.41, 5.74) is 14.2. The molecule has 0 fully saturated rings. The average Bonchev–Trinajstić information content (AvgIpc) is 3.67. The molecule has 0 aliphatic carbocycles. The van der Waals surface area contributed by atoms with Gasteiger partial charge in [-0.2, -0.15) is 9.13 Å². The smallest absolute Gasteiger partial charge is 0.225 e. The van der Waals surface area contributed by atoms with Gasteiger partial charge in [0, 0.05) is 50.3 Å². The first-order chi connectivity index (χ1) is 17.6. The molecule has 6 nitrogen and oxygen atoms in total. The summed E-state index contributed by atoms with van der Waals surface area (Å²) in [4.78, 5) is 19.5. The minimum absolute atomic E-state index is 0. The summed E-state index contributed by atoms with van der Waals surface area (Å²) in [5, 5.41) is 0. The molecule has 5 aromatic rings. The second kappa shape index (κ2) is 12.8. The fourth-order valence-electron chi connectivity index (χ4n) is 4.61. The second-order valence-electron chi connectivity index (χ2n) is 8.97. The topological polar surface area (TPSA) is 65.1 Å². The Morgan fingerprint density at radius 2 is 1.07 bits per heavy atom. The SMILES string of the molecule is C[n+]1csc(-c2c3nc(cc4ccc([nH]4)c(-c4c[n+](C)cs4)c4ccc(cc5nc2C=C5)[nH]4)C=C3)c1.[Cl-].[Cl-].[Cl-].[Mn]. The van der Waals surface area contributed by atoms with E-state index in [0.717, 1.165) is 60.8 Å². The van der Waals surface area contributed by atoms with Crippen LogP contribution in [0.15, 0.2) is 59.8 Å². The summed E-state index contributed by atoms with van der Waals surface area (Å²) in [6.45, 7) is 0. The van der Waals surface area contributed by atoms with Gasteiger partial charge in [0.15, 0.2) is 12.4 Å². The zero-order valence-corrected chi connectivity index (χ0v) is 26.3. The maximum atomic E-state index is 4.99. The number of thiazole rings is 2. The molecule has 0 atom stereocenters. The van der Waals surface area contributed by atoms with E-state index in [2.05, 4.69) is 110 Å². The Bertz CT molecular complexity index is 1810. The molecule has 0 spiro atoms. The van der Waals surface area contributed by atoms with E-state index in [0.29, 0.717) is 0 Å². The number of fused-ring (bicyclic) bond motifs is 8. The number of nitrogens with one attached hydrogen (secondary N) is 2. The summed E-state index contributed by atoms with van der Waals surface area (Å²) in [5.74, 6) is 0. The van der Waals surface area contributed by atoms with Gasteiger partial charge in [-0.25, -0.2) is 9.97 Å². The Labute approximate surface area is 268 Å². The zero-order valence-electron chi connectivity index (χ0n) is 21.2. The summed E-state index contributed by atoms with van der Waals surface area (Å²) in [7, 11) is 4.09. The minimum Gasteiger partial charge on any atom is -1.00 e. The van der Waals surface area contributed by atoms with E-state index < -0.39 is 0 Å². The standard InChI is InChI=1S/C28H22N6S2.3ClH.Mn/c1-33-13-25(35-15-33)27-21-7-3-17(29-21)11-19-5-9-23(31-19)28(26-14-34(2)16-36-26)24-10-6-20(32-24)12-18-4-8-22(27)30-18;;;;/h3-16,29-30H,1-2H3;3*1H;/q+2;;;;/p-3. The van der Waals surface area contributed by atoms with Gasteiger partial charge in [-0.3, -0.25) is 0 Å². The molecule has 12 heteroatoms. The maximum absolute atomic E-state index is 4.99. The van der Waals surface area contributed by atoms with Gasteiger partial charge in [-0.1, -0.05) is 22.7 Å². The van der Waals surface area contributed by atoms with Crippen LogP contribution in [-0.2, 0) is 31.2 Å². The van der Waals surface area contributed by atoms with Gasteiger partial charge < -0.3 is 47.2 Å². The van der Waals surface area contributed by atoms with Crippen molar-refractivity contribution < 1.29 is 63.4 Å². The zero-order chi connectivity index (χ0) is 24.2. The van der Waals surface area contributed by atoms with Crippen molar-refractivity contribution in [3.63, 3.8) is 0 Å². The van der Waals surface area contributed by atoms with E-state index in [1.54, 1.807) is 22.7 Å². The van der Waals surface area contributed by atoms with Crippen molar-refractivity contribution >= 4 is 69.0 Å². The van der Waals surface area contributed by atoms with Crippen molar-refractivity contribution in [2.24, 2.45) is 14.1 Å². The quantitative estimate of drug-likeness (QED) is 0.151. The Hall–Kier alpha value is -2.75. The van der Waals surface area contributed by atoms with Crippen LogP contribution in [0.3, 0.4) is 0 Å². The Morgan fingerprint density at radius 1 is 0.625 bits per heavy atom.